The number of carbonyl (C=O) groups is 4. The van der Waals surface area contributed by atoms with Crippen molar-refractivity contribution in [3.63, 3.8) is 0 Å². The molecule has 1 aromatic carbocycles. The van der Waals surface area contributed by atoms with E-state index in [0.29, 0.717) is 17.5 Å². The molecule has 0 unspecified atom stereocenters. The maximum absolute atomic E-state index is 11.9. The normalized spacial score (nSPS) is 10.2. The Morgan fingerprint density at radius 2 is 1.95 bits per heavy atom. The Kier molecular flexibility index (Phi) is 6.49. The van der Waals surface area contributed by atoms with E-state index in [-0.39, 0.29) is 13.1 Å². The number of aldehydes is 1. The molecule has 0 atom stereocenters. The van der Waals surface area contributed by atoms with E-state index in [4.69, 9.17) is 5.11 Å². The molecule has 0 aliphatic heterocycles. The summed E-state index contributed by atoms with van der Waals surface area (Å²) in [6.45, 7) is 0.624. The molecule has 22 heavy (non-hydrogen) atoms. The number of carboxylic acid groups (broad SMARTS) is 1. The number of aliphatic carboxylic acids is 1. The minimum absolute atomic E-state index is 0.260. The number of anilines is 1. The molecular weight excluding hydrogens is 288 g/mol. The Morgan fingerprint density at radius 1 is 1.27 bits per heavy atom. The van der Waals surface area contributed by atoms with Crippen molar-refractivity contribution in [3.05, 3.63) is 35.9 Å². The SMILES string of the molecule is CC(=O)N(CC=O)C(=O)/C=C/c1ccccc1NCC(=O)O. The van der Waals surface area contributed by atoms with Crippen LogP contribution in [-0.2, 0) is 19.2 Å². The first-order valence-corrected chi connectivity index (χ1v) is 6.44. The number of nitrogens with one attached hydrogen (secondary N) is 1. The lowest BCUT2D eigenvalue weighted by Crippen LogP contribution is -2.35. The van der Waals surface area contributed by atoms with Crippen LogP contribution < -0.4 is 5.32 Å². The summed E-state index contributed by atoms with van der Waals surface area (Å²) in [7, 11) is 0. The average Bonchev–Trinajstić information content (AvgIpc) is 2.48. The molecule has 0 bridgehead atoms. The fraction of sp³-hybridized carbons (Fsp3) is 0.200. The first-order valence-electron chi connectivity index (χ1n) is 6.44. The quantitative estimate of drug-likeness (QED) is 0.569. The van der Waals surface area contributed by atoms with Crippen molar-refractivity contribution in [2.24, 2.45) is 0 Å². The van der Waals surface area contributed by atoms with E-state index in [9.17, 15) is 19.2 Å². The first kappa shape index (κ1) is 17.1. The van der Waals surface area contributed by atoms with Crippen LogP contribution in [0.2, 0.25) is 0 Å². The van der Waals surface area contributed by atoms with Gasteiger partial charge in [0, 0.05) is 18.7 Å². The number of carboxylic acids is 1. The standard InChI is InChI=1S/C15H16N2O5/c1-11(19)17(8-9-18)14(20)7-6-12-4-2-3-5-13(12)16-10-15(21)22/h2-7,9,16H,8,10H2,1H3,(H,21,22)/b7-6+. The molecule has 1 aromatic rings. The van der Waals surface area contributed by atoms with Crippen molar-refractivity contribution in [3.8, 4) is 0 Å². The number of carbonyl (C=O) groups excluding carboxylic acids is 3. The maximum Gasteiger partial charge on any atom is 0.322 e. The Bertz CT molecular complexity index is 610. The van der Waals surface area contributed by atoms with Crippen molar-refractivity contribution in [2.75, 3.05) is 18.4 Å². The van der Waals surface area contributed by atoms with E-state index in [1.54, 1.807) is 24.3 Å². The highest BCUT2D eigenvalue weighted by Gasteiger charge is 2.14. The van der Waals surface area contributed by atoms with E-state index >= 15 is 0 Å². The maximum atomic E-state index is 11.9. The number of rotatable bonds is 7. The monoisotopic (exact) mass is 304 g/mol. The number of nitrogens with zero attached hydrogens (tertiary/aromatic N) is 1. The zero-order valence-electron chi connectivity index (χ0n) is 12.0. The number of hydrogen-bond donors (Lipinski definition) is 2. The van der Waals surface area contributed by atoms with Crippen LogP contribution in [0.1, 0.15) is 12.5 Å². The van der Waals surface area contributed by atoms with E-state index < -0.39 is 17.8 Å². The van der Waals surface area contributed by atoms with Crippen LogP contribution in [0.15, 0.2) is 30.3 Å². The van der Waals surface area contributed by atoms with Gasteiger partial charge in [0.15, 0.2) is 0 Å². The van der Waals surface area contributed by atoms with Crippen LogP contribution in [-0.4, -0.2) is 47.2 Å². The van der Waals surface area contributed by atoms with Crippen molar-refractivity contribution in [1.82, 2.24) is 4.90 Å². The second-order valence-corrected chi connectivity index (χ2v) is 4.30. The van der Waals surface area contributed by atoms with Crippen LogP contribution >= 0.6 is 0 Å². The number of para-hydroxylation sites is 1. The second-order valence-electron chi connectivity index (χ2n) is 4.30. The summed E-state index contributed by atoms with van der Waals surface area (Å²) < 4.78 is 0. The van der Waals surface area contributed by atoms with Gasteiger partial charge in [-0.25, -0.2) is 0 Å². The summed E-state index contributed by atoms with van der Waals surface area (Å²) in [4.78, 5) is 45.0. The molecule has 0 aliphatic rings. The van der Waals surface area contributed by atoms with Gasteiger partial charge in [-0.05, 0) is 17.7 Å². The number of amides is 2. The Balaban J connectivity index is 2.88. The Hall–Kier alpha value is -2.96. The third kappa shape index (κ3) is 5.20. The van der Waals surface area contributed by atoms with Crippen LogP contribution in [0.25, 0.3) is 6.08 Å². The number of imide groups is 1. The van der Waals surface area contributed by atoms with Gasteiger partial charge in [-0.1, -0.05) is 18.2 Å². The van der Waals surface area contributed by atoms with Gasteiger partial charge in [-0.2, -0.15) is 0 Å². The summed E-state index contributed by atoms with van der Waals surface area (Å²) in [6, 6.07) is 6.80. The zero-order chi connectivity index (χ0) is 16.5. The Morgan fingerprint density at radius 3 is 2.55 bits per heavy atom. The van der Waals surface area contributed by atoms with Crippen LogP contribution in [0.4, 0.5) is 5.69 Å². The number of hydrogen-bond acceptors (Lipinski definition) is 5. The highest BCUT2D eigenvalue weighted by molar-refractivity contribution is 6.03. The Labute approximate surface area is 127 Å². The molecule has 116 valence electrons. The summed E-state index contributed by atoms with van der Waals surface area (Å²) in [5.74, 6) is -2.16. The summed E-state index contributed by atoms with van der Waals surface area (Å²) in [5.41, 5.74) is 1.13. The van der Waals surface area contributed by atoms with Crippen molar-refractivity contribution < 1.29 is 24.3 Å². The highest BCUT2D eigenvalue weighted by Crippen LogP contribution is 2.16. The van der Waals surface area contributed by atoms with E-state index in [1.165, 1.54) is 13.0 Å². The summed E-state index contributed by atoms with van der Waals surface area (Å²) in [6.07, 6.45) is 3.08. The van der Waals surface area contributed by atoms with Crippen molar-refractivity contribution >= 4 is 35.8 Å². The third-order valence-corrected chi connectivity index (χ3v) is 2.70. The molecule has 2 amide bonds. The second kappa shape index (κ2) is 8.35. The lowest BCUT2D eigenvalue weighted by Gasteiger charge is -2.13. The molecule has 7 nitrogen and oxygen atoms in total. The number of benzene rings is 1. The molecule has 0 heterocycles. The average molecular weight is 304 g/mol. The lowest BCUT2D eigenvalue weighted by molar-refractivity contribution is -0.142. The van der Waals surface area contributed by atoms with Gasteiger partial charge in [-0.3, -0.25) is 19.3 Å². The molecular formula is C15H16N2O5. The predicted molar refractivity (Wildman–Crippen MR) is 80.1 cm³/mol. The molecule has 0 aromatic heterocycles. The smallest absolute Gasteiger partial charge is 0.322 e. The van der Waals surface area contributed by atoms with Gasteiger partial charge < -0.3 is 15.2 Å². The van der Waals surface area contributed by atoms with Gasteiger partial charge in [0.25, 0.3) is 5.91 Å². The molecule has 0 radical (unpaired) electrons. The predicted octanol–water partition coefficient (Wildman–Crippen LogP) is 0.770. The van der Waals surface area contributed by atoms with Gasteiger partial charge in [0.2, 0.25) is 5.91 Å². The topological polar surface area (TPSA) is 104 Å². The third-order valence-electron chi connectivity index (χ3n) is 2.70. The first-order chi connectivity index (χ1) is 10.5. The fourth-order valence-corrected chi connectivity index (χ4v) is 1.67. The summed E-state index contributed by atoms with van der Waals surface area (Å²) in [5, 5.41) is 11.4. The molecule has 7 heteroatoms. The molecule has 0 spiro atoms. The van der Waals surface area contributed by atoms with Crippen molar-refractivity contribution in [2.45, 2.75) is 6.92 Å². The molecule has 2 N–H and O–H groups in total. The fourth-order valence-electron chi connectivity index (χ4n) is 1.67. The van der Waals surface area contributed by atoms with Crippen molar-refractivity contribution in [1.29, 1.82) is 0 Å². The van der Waals surface area contributed by atoms with Gasteiger partial charge in [-0.15, -0.1) is 0 Å². The highest BCUT2D eigenvalue weighted by atomic mass is 16.4. The van der Waals surface area contributed by atoms with Gasteiger partial charge >= 0.3 is 5.97 Å². The molecule has 1 rings (SSSR count). The summed E-state index contributed by atoms with van der Waals surface area (Å²) >= 11 is 0. The van der Waals surface area contributed by atoms with Gasteiger partial charge in [0.1, 0.15) is 12.8 Å². The zero-order valence-corrected chi connectivity index (χ0v) is 12.0. The largest absolute Gasteiger partial charge is 0.480 e. The molecule has 0 aliphatic carbocycles. The van der Waals surface area contributed by atoms with Gasteiger partial charge in [0.05, 0.1) is 6.54 Å². The van der Waals surface area contributed by atoms with Crippen LogP contribution in [0.5, 0.6) is 0 Å². The van der Waals surface area contributed by atoms with Crippen LogP contribution in [0, 0.1) is 0 Å². The lowest BCUT2D eigenvalue weighted by atomic mass is 10.1. The van der Waals surface area contributed by atoms with E-state index in [1.807, 2.05) is 0 Å². The van der Waals surface area contributed by atoms with E-state index in [2.05, 4.69) is 5.32 Å². The van der Waals surface area contributed by atoms with Crippen LogP contribution in [0.3, 0.4) is 0 Å². The minimum atomic E-state index is -1.01. The molecule has 0 saturated carbocycles. The molecule has 0 saturated heterocycles. The molecule has 0 fully saturated rings. The van der Waals surface area contributed by atoms with E-state index in [0.717, 1.165) is 11.0 Å². The minimum Gasteiger partial charge on any atom is -0.480 e.